The van der Waals surface area contributed by atoms with Gasteiger partial charge in [0.25, 0.3) is 0 Å². The molecule has 1 aliphatic heterocycles. The molecule has 0 amide bonds. The zero-order chi connectivity index (χ0) is 10.8. The van der Waals surface area contributed by atoms with Crippen LogP contribution in [0.3, 0.4) is 0 Å². The minimum absolute atomic E-state index is 0.302. The summed E-state index contributed by atoms with van der Waals surface area (Å²) in [4.78, 5) is 12.8. The second-order valence-corrected chi connectivity index (χ2v) is 4.75. The van der Waals surface area contributed by atoms with Crippen molar-refractivity contribution in [1.82, 2.24) is 4.90 Å². The van der Waals surface area contributed by atoms with E-state index < -0.39 is 12.1 Å². The lowest BCUT2D eigenvalue weighted by Gasteiger charge is -2.38. The molecule has 3 atom stereocenters. The Morgan fingerprint density at radius 3 is 2.80 bits per heavy atom. The number of β-amino-alcohol motifs (C(OH)–C–C–N with tert-alkyl or cyclic N) is 1. The van der Waals surface area contributed by atoms with Gasteiger partial charge < -0.3 is 10.2 Å². The fraction of sp³-hybridized carbons (Fsp3) is 0.909. The number of hydrogen-bond donors (Lipinski definition) is 2. The van der Waals surface area contributed by atoms with Crippen LogP contribution in [0.5, 0.6) is 0 Å². The standard InChI is InChI=1S/C11H19NO3/c13-10(11(14)15)7-12-6-2-4-8-3-1-5-9(8)12/h8-10,13H,1-7H2,(H,14,15). The normalized spacial score (nSPS) is 33.7. The average Bonchev–Trinajstić information content (AvgIpc) is 2.66. The van der Waals surface area contributed by atoms with Crippen molar-refractivity contribution in [3.05, 3.63) is 0 Å². The molecule has 86 valence electrons. The molecule has 3 unspecified atom stereocenters. The van der Waals surface area contributed by atoms with E-state index in [4.69, 9.17) is 5.11 Å². The van der Waals surface area contributed by atoms with Gasteiger partial charge in [0.1, 0.15) is 0 Å². The lowest BCUT2D eigenvalue weighted by Crippen LogP contribution is -2.47. The molecule has 4 nitrogen and oxygen atoms in total. The van der Waals surface area contributed by atoms with Crippen molar-refractivity contribution in [1.29, 1.82) is 0 Å². The number of carboxylic acid groups (broad SMARTS) is 1. The topological polar surface area (TPSA) is 60.8 Å². The fourth-order valence-corrected chi connectivity index (χ4v) is 3.08. The third-order valence-electron chi connectivity index (χ3n) is 3.80. The van der Waals surface area contributed by atoms with E-state index in [0.717, 1.165) is 18.9 Å². The highest BCUT2D eigenvalue weighted by atomic mass is 16.4. The van der Waals surface area contributed by atoms with Gasteiger partial charge in [-0.1, -0.05) is 6.42 Å². The van der Waals surface area contributed by atoms with Crippen molar-refractivity contribution in [2.45, 2.75) is 44.2 Å². The maximum atomic E-state index is 10.6. The number of aliphatic carboxylic acids is 1. The molecule has 2 rings (SSSR count). The van der Waals surface area contributed by atoms with Gasteiger partial charge in [-0.15, -0.1) is 0 Å². The highest BCUT2D eigenvalue weighted by Gasteiger charge is 2.36. The lowest BCUT2D eigenvalue weighted by molar-refractivity contribution is -0.148. The molecular formula is C11H19NO3. The molecule has 4 heteroatoms. The summed E-state index contributed by atoms with van der Waals surface area (Å²) >= 11 is 0. The van der Waals surface area contributed by atoms with Crippen LogP contribution < -0.4 is 0 Å². The maximum absolute atomic E-state index is 10.6. The zero-order valence-corrected chi connectivity index (χ0v) is 8.93. The van der Waals surface area contributed by atoms with Gasteiger partial charge in [0.05, 0.1) is 0 Å². The second-order valence-electron chi connectivity index (χ2n) is 4.75. The molecule has 1 aliphatic carbocycles. The summed E-state index contributed by atoms with van der Waals surface area (Å²) in [6, 6.07) is 0.535. The molecular weight excluding hydrogens is 194 g/mol. The molecule has 0 aromatic carbocycles. The van der Waals surface area contributed by atoms with Gasteiger partial charge in [-0.25, -0.2) is 4.79 Å². The average molecular weight is 213 g/mol. The minimum Gasteiger partial charge on any atom is -0.479 e. The number of carboxylic acids is 1. The van der Waals surface area contributed by atoms with E-state index >= 15 is 0 Å². The van der Waals surface area contributed by atoms with Gasteiger partial charge in [-0.2, -0.15) is 0 Å². The van der Waals surface area contributed by atoms with Crippen LogP contribution in [0.1, 0.15) is 32.1 Å². The predicted octanol–water partition coefficient (Wildman–Crippen LogP) is 0.696. The second kappa shape index (κ2) is 4.49. The fourth-order valence-electron chi connectivity index (χ4n) is 3.08. The van der Waals surface area contributed by atoms with E-state index in [1.807, 2.05) is 0 Å². The number of fused-ring (bicyclic) bond motifs is 1. The summed E-state index contributed by atoms with van der Waals surface area (Å²) in [5.41, 5.74) is 0. The minimum atomic E-state index is -1.22. The summed E-state index contributed by atoms with van der Waals surface area (Å²) < 4.78 is 0. The predicted molar refractivity (Wildman–Crippen MR) is 55.6 cm³/mol. The highest BCUT2D eigenvalue weighted by Crippen LogP contribution is 2.36. The van der Waals surface area contributed by atoms with Crippen LogP contribution >= 0.6 is 0 Å². The number of piperidine rings is 1. The van der Waals surface area contributed by atoms with Crippen molar-refractivity contribution in [3.8, 4) is 0 Å². The van der Waals surface area contributed by atoms with E-state index in [-0.39, 0.29) is 0 Å². The third kappa shape index (κ3) is 2.32. The molecule has 1 saturated carbocycles. The Hall–Kier alpha value is -0.610. The first-order valence-electron chi connectivity index (χ1n) is 5.83. The molecule has 0 aromatic rings. The van der Waals surface area contributed by atoms with E-state index in [9.17, 15) is 9.90 Å². The first kappa shape index (κ1) is 10.9. The van der Waals surface area contributed by atoms with Gasteiger partial charge in [0, 0.05) is 12.6 Å². The van der Waals surface area contributed by atoms with Crippen LogP contribution in [0, 0.1) is 5.92 Å². The SMILES string of the molecule is O=C(O)C(O)CN1CCCC2CCCC21. The van der Waals surface area contributed by atoms with Gasteiger partial charge in [-0.05, 0) is 38.1 Å². The molecule has 0 spiro atoms. The summed E-state index contributed by atoms with van der Waals surface area (Å²) in [5, 5.41) is 18.0. The molecule has 2 aliphatic rings. The van der Waals surface area contributed by atoms with Gasteiger partial charge in [0.15, 0.2) is 6.10 Å². The van der Waals surface area contributed by atoms with Crippen molar-refractivity contribution >= 4 is 5.97 Å². The number of carbonyl (C=O) groups is 1. The van der Waals surface area contributed by atoms with Gasteiger partial charge >= 0.3 is 5.97 Å². The Morgan fingerprint density at radius 2 is 2.07 bits per heavy atom. The highest BCUT2D eigenvalue weighted by molar-refractivity contribution is 5.72. The molecule has 1 heterocycles. The Labute approximate surface area is 89.9 Å². The molecule has 0 aromatic heterocycles. The first-order chi connectivity index (χ1) is 7.18. The first-order valence-corrected chi connectivity index (χ1v) is 5.83. The molecule has 0 radical (unpaired) electrons. The van der Waals surface area contributed by atoms with Crippen LogP contribution in [0.25, 0.3) is 0 Å². The molecule has 1 saturated heterocycles. The number of hydrogen-bond acceptors (Lipinski definition) is 3. The Bertz CT molecular complexity index is 244. The summed E-state index contributed by atoms with van der Waals surface area (Å²) in [7, 11) is 0. The lowest BCUT2D eigenvalue weighted by atomic mass is 9.92. The number of likely N-dealkylation sites (tertiary alicyclic amines) is 1. The quantitative estimate of drug-likeness (QED) is 0.724. The third-order valence-corrected chi connectivity index (χ3v) is 3.80. The zero-order valence-electron chi connectivity index (χ0n) is 8.93. The van der Waals surface area contributed by atoms with Gasteiger partial charge in [0.2, 0.25) is 0 Å². The van der Waals surface area contributed by atoms with Crippen LogP contribution in [-0.4, -0.2) is 46.3 Å². The molecule has 0 bridgehead atoms. The van der Waals surface area contributed by atoms with Crippen LogP contribution in [0.4, 0.5) is 0 Å². The van der Waals surface area contributed by atoms with Crippen LogP contribution in [0.15, 0.2) is 0 Å². The Balaban J connectivity index is 1.93. The van der Waals surface area contributed by atoms with Crippen LogP contribution in [0.2, 0.25) is 0 Å². The Kier molecular flexibility index (Phi) is 3.26. The van der Waals surface area contributed by atoms with Gasteiger partial charge in [-0.3, -0.25) is 4.90 Å². The monoisotopic (exact) mass is 213 g/mol. The number of aliphatic hydroxyl groups excluding tert-OH is 1. The van der Waals surface area contributed by atoms with E-state index in [2.05, 4.69) is 4.90 Å². The van der Waals surface area contributed by atoms with Crippen molar-refractivity contribution < 1.29 is 15.0 Å². The molecule has 2 fully saturated rings. The number of aliphatic hydroxyl groups is 1. The summed E-state index contributed by atoms with van der Waals surface area (Å²) in [5.74, 6) is -0.352. The Morgan fingerprint density at radius 1 is 1.33 bits per heavy atom. The molecule has 15 heavy (non-hydrogen) atoms. The maximum Gasteiger partial charge on any atom is 0.333 e. The van der Waals surface area contributed by atoms with E-state index in [0.29, 0.717) is 12.6 Å². The number of rotatable bonds is 3. The molecule has 2 N–H and O–H groups in total. The van der Waals surface area contributed by atoms with E-state index in [1.54, 1.807) is 0 Å². The van der Waals surface area contributed by atoms with Crippen molar-refractivity contribution in [2.75, 3.05) is 13.1 Å². The largest absolute Gasteiger partial charge is 0.479 e. The van der Waals surface area contributed by atoms with Crippen LogP contribution in [-0.2, 0) is 4.79 Å². The van der Waals surface area contributed by atoms with E-state index in [1.165, 1.54) is 25.7 Å². The summed E-state index contributed by atoms with van der Waals surface area (Å²) in [6.45, 7) is 1.25. The number of nitrogens with zero attached hydrogens (tertiary/aromatic N) is 1. The van der Waals surface area contributed by atoms with Crippen molar-refractivity contribution in [3.63, 3.8) is 0 Å². The smallest absolute Gasteiger partial charge is 0.333 e. The summed E-state index contributed by atoms with van der Waals surface area (Å²) in [6.07, 6.45) is 4.93. The van der Waals surface area contributed by atoms with Crippen molar-refractivity contribution in [2.24, 2.45) is 5.92 Å².